The maximum atomic E-state index is 12.1. The van der Waals surface area contributed by atoms with E-state index in [2.05, 4.69) is 6.92 Å². The smallest absolute Gasteiger partial charge is 0.181 e. The number of unbranched alkanes of at least 4 members (excludes halogenated alkanes) is 2. The fraction of sp³-hybridized carbons (Fsp3) is 0.529. The molecular weight excluding hydrogens is 284 g/mol. The van der Waals surface area contributed by atoms with Gasteiger partial charge in [0.2, 0.25) is 0 Å². The molecule has 0 spiro atoms. The molecule has 4 heteroatoms. The molecule has 0 bridgehead atoms. The van der Waals surface area contributed by atoms with Gasteiger partial charge in [-0.3, -0.25) is 0 Å². The van der Waals surface area contributed by atoms with Crippen LogP contribution in [0.3, 0.4) is 0 Å². The molecule has 1 fully saturated rings. The van der Waals surface area contributed by atoms with Gasteiger partial charge in [-0.25, -0.2) is 8.42 Å². The minimum Gasteiger partial charge on any atom is -0.370 e. The SMILES string of the molecule is Cc1ccc(S(=O)(=O)C/C=C/CCCCC2(C)CO2)cc1. The molecule has 1 heterocycles. The first-order valence-corrected chi connectivity index (χ1v) is 9.15. The predicted octanol–water partition coefficient (Wildman–Crippen LogP) is 3.67. The average Bonchev–Trinajstić information content (AvgIpc) is 3.16. The lowest BCUT2D eigenvalue weighted by Crippen LogP contribution is -2.04. The highest BCUT2D eigenvalue weighted by atomic mass is 32.2. The molecule has 2 rings (SSSR count). The van der Waals surface area contributed by atoms with E-state index in [1.165, 1.54) is 0 Å². The van der Waals surface area contributed by atoms with Crippen molar-refractivity contribution >= 4 is 9.84 Å². The first kappa shape index (κ1) is 16.2. The molecular formula is C17H24O3S. The largest absolute Gasteiger partial charge is 0.370 e. The van der Waals surface area contributed by atoms with Gasteiger partial charge >= 0.3 is 0 Å². The van der Waals surface area contributed by atoms with Crippen LogP contribution in [0.5, 0.6) is 0 Å². The van der Waals surface area contributed by atoms with Crippen molar-refractivity contribution in [2.24, 2.45) is 0 Å². The number of hydrogen-bond acceptors (Lipinski definition) is 3. The van der Waals surface area contributed by atoms with Crippen molar-refractivity contribution < 1.29 is 13.2 Å². The molecule has 0 aliphatic carbocycles. The fourth-order valence-electron chi connectivity index (χ4n) is 2.18. The fourth-order valence-corrected chi connectivity index (χ4v) is 3.32. The summed E-state index contributed by atoms with van der Waals surface area (Å²) < 4.78 is 29.5. The molecule has 1 aliphatic rings. The first-order valence-electron chi connectivity index (χ1n) is 7.50. The average molecular weight is 308 g/mol. The molecule has 1 aromatic carbocycles. The molecule has 1 aliphatic heterocycles. The van der Waals surface area contributed by atoms with Crippen molar-refractivity contribution in [3.05, 3.63) is 42.0 Å². The highest BCUT2D eigenvalue weighted by molar-refractivity contribution is 7.91. The van der Waals surface area contributed by atoms with Gasteiger partial charge in [-0.2, -0.15) is 0 Å². The van der Waals surface area contributed by atoms with Crippen molar-refractivity contribution in [2.45, 2.75) is 50.0 Å². The van der Waals surface area contributed by atoms with Gasteiger partial charge in [0.15, 0.2) is 9.84 Å². The normalized spacial score (nSPS) is 21.8. The van der Waals surface area contributed by atoms with Crippen LogP contribution in [0.1, 0.15) is 38.2 Å². The van der Waals surface area contributed by atoms with E-state index in [0.717, 1.165) is 37.9 Å². The van der Waals surface area contributed by atoms with Gasteiger partial charge in [0.05, 0.1) is 22.9 Å². The van der Waals surface area contributed by atoms with Crippen LogP contribution in [-0.4, -0.2) is 26.4 Å². The Hall–Kier alpha value is -1.13. The molecule has 116 valence electrons. The first-order chi connectivity index (χ1) is 9.91. The molecule has 1 saturated heterocycles. The molecule has 0 aromatic heterocycles. The van der Waals surface area contributed by atoms with Crippen LogP contribution in [0.2, 0.25) is 0 Å². The Balaban J connectivity index is 1.71. The van der Waals surface area contributed by atoms with Crippen molar-refractivity contribution in [3.63, 3.8) is 0 Å². The van der Waals surface area contributed by atoms with Gasteiger partial charge in [-0.1, -0.05) is 36.3 Å². The number of sulfone groups is 1. The van der Waals surface area contributed by atoms with Crippen LogP contribution < -0.4 is 0 Å². The van der Waals surface area contributed by atoms with E-state index in [9.17, 15) is 8.42 Å². The summed E-state index contributed by atoms with van der Waals surface area (Å²) in [5.74, 6) is 0.0802. The van der Waals surface area contributed by atoms with Crippen molar-refractivity contribution in [1.29, 1.82) is 0 Å². The zero-order valence-corrected chi connectivity index (χ0v) is 13.7. The second kappa shape index (κ2) is 6.75. The van der Waals surface area contributed by atoms with Crippen LogP contribution in [0.15, 0.2) is 41.3 Å². The predicted molar refractivity (Wildman–Crippen MR) is 85.2 cm³/mol. The Morgan fingerprint density at radius 1 is 1.19 bits per heavy atom. The number of aryl methyl sites for hydroxylation is 1. The van der Waals surface area contributed by atoms with Crippen LogP contribution in [0, 0.1) is 6.92 Å². The molecule has 0 saturated carbocycles. The summed E-state index contributed by atoms with van der Waals surface area (Å²) in [6, 6.07) is 7.01. The number of epoxide rings is 1. The minimum absolute atomic E-state index is 0.0802. The van der Waals surface area contributed by atoms with Crippen LogP contribution >= 0.6 is 0 Å². The summed E-state index contributed by atoms with van der Waals surface area (Å²) in [6.07, 6.45) is 7.99. The molecule has 0 N–H and O–H groups in total. The standard InChI is InChI=1S/C17H24O3S/c1-15-8-10-16(11-9-15)21(18,19)13-7-5-3-4-6-12-17(2)14-20-17/h5,7-11H,3-4,6,12-14H2,1-2H3/b7-5+. The molecule has 1 aromatic rings. The Morgan fingerprint density at radius 2 is 1.86 bits per heavy atom. The number of allylic oxidation sites excluding steroid dienone is 1. The van der Waals surface area contributed by atoms with E-state index in [0.29, 0.717) is 4.90 Å². The second-order valence-corrected chi connectivity index (χ2v) is 8.08. The maximum Gasteiger partial charge on any atom is 0.181 e. The minimum atomic E-state index is -3.19. The molecule has 0 amide bonds. The molecule has 1 unspecified atom stereocenters. The van der Waals surface area contributed by atoms with E-state index in [1.54, 1.807) is 18.2 Å². The van der Waals surface area contributed by atoms with Gasteiger partial charge in [0.1, 0.15) is 0 Å². The number of ether oxygens (including phenoxy) is 1. The summed E-state index contributed by atoms with van der Waals surface area (Å²) in [5.41, 5.74) is 1.20. The summed E-state index contributed by atoms with van der Waals surface area (Å²) in [5, 5.41) is 0. The molecule has 3 nitrogen and oxygen atoms in total. The van der Waals surface area contributed by atoms with Crippen molar-refractivity contribution in [1.82, 2.24) is 0 Å². The Kier molecular flexibility index (Phi) is 5.22. The van der Waals surface area contributed by atoms with Gasteiger partial charge in [0.25, 0.3) is 0 Å². The van der Waals surface area contributed by atoms with Crippen LogP contribution in [-0.2, 0) is 14.6 Å². The lowest BCUT2D eigenvalue weighted by molar-refractivity contribution is 0.302. The third kappa shape index (κ3) is 5.29. The highest BCUT2D eigenvalue weighted by Gasteiger charge is 2.37. The van der Waals surface area contributed by atoms with Crippen molar-refractivity contribution in [3.8, 4) is 0 Å². The molecule has 21 heavy (non-hydrogen) atoms. The van der Waals surface area contributed by atoms with E-state index < -0.39 is 9.84 Å². The number of rotatable bonds is 8. The monoisotopic (exact) mass is 308 g/mol. The maximum absolute atomic E-state index is 12.1. The molecule has 0 radical (unpaired) electrons. The number of benzene rings is 1. The van der Waals surface area contributed by atoms with Gasteiger partial charge in [0, 0.05) is 0 Å². The van der Waals surface area contributed by atoms with Gasteiger partial charge in [-0.05, 0) is 45.2 Å². The van der Waals surface area contributed by atoms with Gasteiger partial charge < -0.3 is 4.74 Å². The van der Waals surface area contributed by atoms with E-state index in [4.69, 9.17) is 4.74 Å². The zero-order chi connectivity index (χ0) is 15.3. The topological polar surface area (TPSA) is 46.7 Å². The summed E-state index contributed by atoms with van der Waals surface area (Å²) >= 11 is 0. The summed E-state index contributed by atoms with van der Waals surface area (Å²) in [6.45, 7) is 4.97. The second-order valence-electron chi connectivity index (χ2n) is 6.05. The van der Waals surface area contributed by atoms with E-state index >= 15 is 0 Å². The summed E-state index contributed by atoms with van der Waals surface area (Å²) in [4.78, 5) is 0.400. The Bertz CT molecular complexity index is 581. The zero-order valence-electron chi connectivity index (χ0n) is 12.8. The number of hydrogen-bond donors (Lipinski definition) is 0. The van der Waals surface area contributed by atoms with E-state index in [-0.39, 0.29) is 11.4 Å². The van der Waals surface area contributed by atoms with Crippen LogP contribution in [0.4, 0.5) is 0 Å². The quantitative estimate of drug-likeness (QED) is 0.418. The Labute approximate surface area is 127 Å². The lowest BCUT2D eigenvalue weighted by atomic mass is 10.0. The van der Waals surface area contributed by atoms with Crippen LogP contribution in [0.25, 0.3) is 0 Å². The highest BCUT2D eigenvalue weighted by Crippen LogP contribution is 2.31. The molecule has 1 atom stereocenters. The van der Waals surface area contributed by atoms with Gasteiger partial charge in [-0.15, -0.1) is 0 Å². The van der Waals surface area contributed by atoms with Crippen molar-refractivity contribution in [2.75, 3.05) is 12.4 Å². The van der Waals surface area contributed by atoms with E-state index in [1.807, 2.05) is 25.1 Å². The summed E-state index contributed by atoms with van der Waals surface area (Å²) in [7, 11) is -3.19. The third-order valence-corrected chi connectivity index (χ3v) is 5.45. The lowest BCUT2D eigenvalue weighted by Gasteiger charge is -2.03. The Morgan fingerprint density at radius 3 is 2.48 bits per heavy atom. The third-order valence-electron chi connectivity index (χ3n) is 3.83.